The van der Waals surface area contributed by atoms with E-state index in [1.54, 1.807) is 26.2 Å². The highest BCUT2D eigenvalue weighted by molar-refractivity contribution is 5.97. The molecule has 51 heavy (non-hydrogen) atoms. The first kappa shape index (κ1) is 40.8. The van der Waals surface area contributed by atoms with Crippen LogP contribution in [0.15, 0.2) is 85.2 Å². The summed E-state index contributed by atoms with van der Waals surface area (Å²) in [4.78, 5) is 61.7. The van der Waals surface area contributed by atoms with Gasteiger partial charge in [-0.2, -0.15) is 0 Å². The fraction of sp³-hybridized carbons (Fsp3) is 0.475. The number of benzene rings is 2. The molecule has 0 aliphatic carbocycles. The van der Waals surface area contributed by atoms with Crippen molar-refractivity contribution < 1.29 is 19.2 Å². The first-order valence-electron chi connectivity index (χ1n) is 18.0. The Morgan fingerprint density at radius 3 is 1.98 bits per heavy atom. The number of nitrogens with one attached hydrogen (secondary N) is 4. The van der Waals surface area contributed by atoms with Crippen LogP contribution < -0.4 is 27.0 Å². The van der Waals surface area contributed by atoms with Crippen molar-refractivity contribution in [1.29, 1.82) is 0 Å². The molecule has 2 unspecified atom stereocenters. The van der Waals surface area contributed by atoms with Crippen LogP contribution in [0.3, 0.4) is 0 Å². The minimum atomic E-state index is -1.44. The van der Waals surface area contributed by atoms with Crippen molar-refractivity contribution in [3.05, 3.63) is 102 Å². The van der Waals surface area contributed by atoms with Gasteiger partial charge in [0.05, 0.1) is 6.04 Å². The molecule has 0 saturated heterocycles. The molecule has 0 bridgehead atoms. The summed E-state index contributed by atoms with van der Waals surface area (Å²) >= 11 is 0. The Balaban J connectivity index is 1.83. The normalized spacial score (nSPS) is 14.7. The van der Waals surface area contributed by atoms with Crippen LogP contribution in [0.5, 0.6) is 0 Å². The molecule has 0 aliphatic rings. The lowest BCUT2D eigenvalue weighted by Gasteiger charge is -2.35. The Bertz CT molecular complexity index is 1520. The molecular weight excluding hydrogens is 642 g/mol. The Morgan fingerprint density at radius 2 is 1.37 bits per heavy atom. The zero-order chi connectivity index (χ0) is 37.3. The van der Waals surface area contributed by atoms with Gasteiger partial charge in [0.15, 0.2) is 0 Å². The monoisotopic (exact) mass is 699 g/mol. The van der Waals surface area contributed by atoms with Gasteiger partial charge < -0.3 is 31.9 Å². The molecule has 0 aliphatic heterocycles. The topological polar surface area (TPSA) is 159 Å². The number of aromatic nitrogens is 1. The Hall–Kier alpha value is -4.61. The fourth-order valence-corrected chi connectivity index (χ4v) is 5.88. The Labute approximate surface area is 303 Å². The number of nitrogens with zero attached hydrogens (tertiary/aromatic N) is 2. The van der Waals surface area contributed by atoms with Gasteiger partial charge in [-0.3, -0.25) is 24.2 Å². The first-order chi connectivity index (χ1) is 24.3. The Kier molecular flexibility index (Phi) is 16.2. The van der Waals surface area contributed by atoms with Gasteiger partial charge in [0, 0.05) is 25.4 Å². The van der Waals surface area contributed by atoms with E-state index in [2.05, 4.69) is 31.2 Å². The lowest BCUT2D eigenvalue weighted by molar-refractivity contribution is -0.138. The second-order valence-corrected chi connectivity index (χ2v) is 14.1. The highest BCUT2D eigenvalue weighted by atomic mass is 16.2. The van der Waals surface area contributed by atoms with Gasteiger partial charge in [0.1, 0.15) is 17.1 Å². The molecule has 1 heterocycles. The summed E-state index contributed by atoms with van der Waals surface area (Å²) in [5, 5.41) is 11.9. The maximum absolute atomic E-state index is 14.3. The van der Waals surface area contributed by atoms with E-state index in [-0.39, 0.29) is 18.9 Å². The van der Waals surface area contributed by atoms with Crippen LogP contribution in [0, 0.1) is 0 Å². The number of nitrogens with two attached hydrogens (primary N) is 1. The van der Waals surface area contributed by atoms with Crippen LogP contribution in [0.4, 0.5) is 0 Å². The third kappa shape index (κ3) is 13.6. The minimum absolute atomic E-state index is 0.173. The van der Waals surface area contributed by atoms with E-state index in [1.807, 2.05) is 93.8 Å². The predicted octanol–water partition coefficient (Wildman–Crippen LogP) is 3.67. The van der Waals surface area contributed by atoms with E-state index < -0.39 is 40.9 Å². The zero-order valence-corrected chi connectivity index (χ0v) is 30.9. The van der Waals surface area contributed by atoms with Crippen molar-refractivity contribution in [2.45, 2.75) is 102 Å². The molecule has 0 fully saturated rings. The van der Waals surface area contributed by atoms with Gasteiger partial charge in [-0.1, -0.05) is 80.4 Å². The maximum atomic E-state index is 14.3. The molecule has 6 N–H and O–H groups in total. The van der Waals surface area contributed by atoms with Crippen molar-refractivity contribution in [3.63, 3.8) is 0 Å². The lowest BCUT2D eigenvalue weighted by atomic mass is 9.89. The molecule has 0 spiro atoms. The van der Waals surface area contributed by atoms with Crippen molar-refractivity contribution >= 4 is 23.6 Å². The predicted molar refractivity (Wildman–Crippen MR) is 201 cm³/mol. The summed E-state index contributed by atoms with van der Waals surface area (Å²) in [5.74, 6) is -1.76. The number of rotatable bonds is 21. The highest BCUT2D eigenvalue weighted by Gasteiger charge is 2.40. The summed E-state index contributed by atoms with van der Waals surface area (Å²) in [6, 6.07) is 20.6. The number of amides is 4. The second kappa shape index (κ2) is 20.3. The molecule has 0 saturated carbocycles. The average Bonchev–Trinajstić information content (AvgIpc) is 3.11. The second-order valence-electron chi connectivity index (χ2n) is 14.1. The minimum Gasteiger partial charge on any atom is -0.350 e. The standard InChI is InChI=1S/C40H57N7O4/c1-6-7-20-34(36(49)46-39(2,23-14-15-26-47(4)5)37(50)43-29-32-21-24-42-25-22-32)44-38(51)40(3,28-31-18-12-9-13-19-31)45-35(48)33(41)27-30-16-10-8-11-17-30/h8-13,16-19,21-22,24-25,33-34H,6-7,14-15,20,23,26-29,41H2,1-5H3,(H,43,50)(H,44,51)(H,45,48)(H,46,49)/t33-,34-,39?,40?/m1/s1. The third-order valence-electron chi connectivity index (χ3n) is 9.04. The van der Waals surface area contributed by atoms with Crippen LogP contribution in [0.25, 0.3) is 0 Å². The summed E-state index contributed by atoms with van der Waals surface area (Å²) < 4.78 is 0. The molecule has 1 aromatic heterocycles. The number of hydrogen-bond donors (Lipinski definition) is 5. The van der Waals surface area contributed by atoms with E-state index in [4.69, 9.17) is 5.73 Å². The van der Waals surface area contributed by atoms with Crippen molar-refractivity contribution in [2.24, 2.45) is 5.73 Å². The summed E-state index contributed by atoms with van der Waals surface area (Å²) in [7, 11) is 3.99. The van der Waals surface area contributed by atoms with Crippen molar-refractivity contribution in [1.82, 2.24) is 31.2 Å². The number of unbranched alkanes of at least 4 members (excludes halogenated alkanes) is 2. The maximum Gasteiger partial charge on any atom is 0.246 e. The molecule has 4 atom stereocenters. The highest BCUT2D eigenvalue weighted by Crippen LogP contribution is 2.19. The van der Waals surface area contributed by atoms with Gasteiger partial charge in [-0.15, -0.1) is 0 Å². The molecule has 11 nitrogen and oxygen atoms in total. The molecule has 3 rings (SSSR count). The molecule has 276 valence electrons. The summed E-state index contributed by atoms with van der Waals surface area (Å²) in [5.41, 5.74) is 6.28. The summed E-state index contributed by atoms with van der Waals surface area (Å²) in [6.45, 7) is 6.52. The van der Waals surface area contributed by atoms with Gasteiger partial charge in [-0.25, -0.2) is 0 Å². The van der Waals surface area contributed by atoms with Gasteiger partial charge in [0.25, 0.3) is 0 Å². The molecular formula is C40H57N7O4. The molecule has 4 amide bonds. The SMILES string of the molecule is CCCC[C@@H](NC(=O)C(C)(Cc1ccccc1)NC(=O)[C@H](N)Cc1ccccc1)C(=O)NC(C)(CCCCN(C)C)C(=O)NCc1ccncc1. The van der Waals surface area contributed by atoms with Crippen LogP contribution in [0.1, 0.15) is 76.0 Å². The van der Waals surface area contributed by atoms with E-state index in [9.17, 15) is 19.2 Å². The molecule has 11 heteroatoms. The van der Waals surface area contributed by atoms with Gasteiger partial charge >= 0.3 is 0 Å². The van der Waals surface area contributed by atoms with E-state index in [1.165, 1.54) is 0 Å². The first-order valence-corrected chi connectivity index (χ1v) is 18.0. The molecule has 2 aromatic carbocycles. The molecule has 3 aromatic rings. The van der Waals surface area contributed by atoms with Gasteiger partial charge in [-0.05, 0) is 95.4 Å². The smallest absolute Gasteiger partial charge is 0.246 e. The van der Waals surface area contributed by atoms with Gasteiger partial charge in [0.2, 0.25) is 23.6 Å². The summed E-state index contributed by atoms with van der Waals surface area (Å²) in [6.07, 6.45) is 7.56. The number of carbonyl (C=O) groups excluding carboxylic acids is 4. The largest absolute Gasteiger partial charge is 0.350 e. The van der Waals surface area contributed by atoms with Crippen LogP contribution in [0.2, 0.25) is 0 Å². The quantitative estimate of drug-likeness (QED) is 0.106. The van der Waals surface area contributed by atoms with Crippen LogP contribution in [-0.2, 0) is 38.6 Å². The van der Waals surface area contributed by atoms with E-state index >= 15 is 0 Å². The van der Waals surface area contributed by atoms with E-state index in [0.717, 1.165) is 36.1 Å². The number of carbonyl (C=O) groups is 4. The van der Waals surface area contributed by atoms with E-state index in [0.29, 0.717) is 32.1 Å². The third-order valence-corrected chi connectivity index (χ3v) is 9.04. The lowest BCUT2D eigenvalue weighted by Crippen LogP contribution is -2.65. The number of pyridine rings is 1. The average molecular weight is 700 g/mol. The fourth-order valence-electron chi connectivity index (χ4n) is 5.88. The van der Waals surface area contributed by atoms with Crippen molar-refractivity contribution in [3.8, 4) is 0 Å². The van der Waals surface area contributed by atoms with Crippen LogP contribution >= 0.6 is 0 Å². The van der Waals surface area contributed by atoms with Crippen molar-refractivity contribution in [2.75, 3.05) is 20.6 Å². The Morgan fingerprint density at radius 1 is 0.765 bits per heavy atom. The van der Waals surface area contributed by atoms with Crippen LogP contribution in [-0.4, -0.2) is 77.3 Å². The molecule has 0 radical (unpaired) electrons. The number of hydrogen-bond acceptors (Lipinski definition) is 7. The zero-order valence-electron chi connectivity index (χ0n) is 30.9.